The van der Waals surface area contributed by atoms with Gasteiger partial charge in [0.05, 0.1) is 0 Å². The van der Waals surface area contributed by atoms with Gasteiger partial charge in [-0.05, 0) is 62.1 Å². The third-order valence-electron chi connectivity index (χ3n) is 3.51. The minimum Gasteiger partial charge on any atom is -0.340 e. The largest absolute Gasteiger partial charge is 0.340 e. The molecule has 0 unspecified atom stereocenters. The van der Waals surface area contributed by atoms with E-state index < -0.39 is 0 Å². The Kier molecular flexibility index (Phi) is 9.81. The lowest BCUT2D eigenvalue weighted by molar-refractivity contribution is 0.424. The average Bonchev–Trinajstić information content (AvgIpc) is 2.45. The number of nitrogens with one attached hydrogen (secondary N) is 2. The molecule has 1 aromatic heterocycles. The Morgan fingerprint density at radius 3 is 2.36 bits per heavy atom. The number of halogens is 3. The van der Waals surface area contributed by atoms with Crippen LogP contribution >= 0.6 is 36.4 Å². The fourth-order valence-corrected chi connectivity index (χ4v) is 2.43. The fourth-order valence-electron chi connectivity index (χ4n) is 2.24. The van der Waals surface area contributed by atoms with Gasteiger partial charge >= 0.3 is 0 Å². The van der Waals surface area contributed by atoms with Gasteiger partial charge in [-0.15, -0.1) is 24.8 Å². The summed E-state index contributed by atoms with van der Waals surface area (Å²) in [6.07, 6.45) is 1.93. The summed E-state index contributed by atoms with van der Waals surface area (Å²) < 4.78 is 0. The highest BCUT2D eigenvalue weighted by Crippen LogP contribution is 2.27. The predicted molar refractivity (Wildman–Crippen MR) is 114 cm³/mol. The van der Waals surface area contributed by atoms with Gasteiger partial charge in [0, 0.05) is 29.0 Å². The molecule has 0 atom stereocenters. The van der Waals surface area contributed by atoms with Crippen LogP contribution in [0.5, 0.6) is 0 Å². The van der Waals surface area contributed by atoms with Crippen molar-refractivity contribution in [2.75, 3.05) is 5.32 Å². The molecule has 1 heterocycles. The van der Waals surface area contributed by atoms with Gasteiger partial charge in [-0.1, -0.05) is 31.5 Å². The van der Waals surface area contributed by atoms with Crippen molar-refractivity contribution < 1.29 is 0 Å². The zero-order chi connectivity index (χ0) is 17.0. The number of hydrogen-bond donors (Lipinski definition) is 2. The molecule has 140 valence electrons. The van der Waals surface area contributed by atoms with Crippen molar-refractivity contribution in [2.24, 2.45) is 0 Å². The summed E-state index contributed by atoms with van der Waals surface area (Å²) >= 11 is 6.05. The first-order chi connectivity index (χ1) is 10.7. The van der Waals surface area contributed by atoms with E-state index in [1.807, 2.05) is 30.5 Å². The maximum atomic E-state index is 6.05. The van der Waals surface area contributed by atoms with Crippen LogP contribution in [-0.4, -0.2) is 10.5 Å². The zero-order valence-corrected chi connectivity index (χ0v) is 17.8. The first kappa shape index (κ1) is 24.0. The van der Waals surface area contributed by atoms with Crippen LogP contribution < -0.4 is 10.6 Å². The van der Waals surface area contributed by atoms with E-state index in [1.165, 1.54) is 11.1 Å². The molecule has 0 radical (unpaired) electrons. The van der Waals surface area contributed by atoms with Gasteiger partial charge in [0.15, 0.2) is 0 Å². The summed E-state index contributed by atoms with van der Waals surface area (Å²) in [5.74, 6) is 1.28. The SMILES string of the molecule is CC(C)c1cc(CNC(C)(C)C)cnc1Nc1cccc(Cl)c1.Cl.Cl. The van der Waals surface area contributed by atoms with Crippen molar-refractivity contribution in [1.29, 1.82) is 0 Å². The minimum atomic E-state index is 0. The lowest BCUT2D eigenvalue weighted by Crippen LogP contribution is -2.35. The topological polar surface area (TPSA) is 37.0 Å². The number of aromatic nitrogens is 1. The quantitative estimate of drug-likeness (QED) is 0.611. The first-order valence-corrected chi connectivity index (χ1v) is 8.39. The van der Waals surface area contributed by atoms with Crippen molar-refractivity contribution in [3.05, 3.63) is 52.7 Å². The number of benzene rings is 1. The highest BCUT2D eigenvalue weighted by Gasteiger charge is 2.12. The van der Waals surface area contributed by atoms with Crippen molar-refractivity contribution in [3.63, 3.8) is 0 Å². The molecular weight excluding hydrogens is 377 g/mol. The Morgan fingerprint density at radius 2 is 1.80 bits per heavy atom. The Hall–Kier alpha value is -1.000. The molecular formula is C19H28Cl3N3. The van der Waals surface area contributed by atoms with Crippen LogP contribution in [0.1, 0.15) is 51.7 Å². The molecule has 1 aromatic carbocycles. The Morgan fingerprint density at radius 1 is 1.12 bits per heavy atom. The predicted octanol–water partition coefficient (Wildman–Crippen LogP) is 6.33. The molecule has 0 aliphatic heterocycles. The van der Waals surface area contributed by atoms with E-state index in [0.717, 1.165) is 18.1 Å². The summed E-state index contributed by atoms with van der Waals surface area (Å²) in [6, 6.07) is 9.92. The first-order valence-electron chi connectivity index (χ1n) is 8.01. The van der Waals surface area contributed by atoms with Crippen LogP contribution in [0.2, 0.25) is 5.02 Å². The molecule has 0 amide bonds. The molecule has 3 nitrogen and oxygen atoms in total. The molecule has 0 spiro atoms. The number of hydrogen-bond acceptors (Lipinski definition) is 3. The molecule has 0 saturated heterocycles. The maximum absolute atomic E-state index is 6.05. The van der Waals surface area contributed by atoms with E-state index in [2.05, 4.69) is 56.3 Å². The molecule has 2 rings (SSSR count). The van der Waals surface area contributed by atoms with Gasteiger partial charge in [0.2, 0.25) is 0 Å². The van der Waals surface area contributed by atoms with Gasteiger partial charge in [-0.25, -0.2) is 4.98 Å². The Balaban J connectivity index is 0.00000288. The van der Waals surface area contributed by atoms with E-state index in [0.29, 0.717) is 10.9 Å². The maximum Gasteiger partial charge on any atom is 0.133 e. The Labute approximate surface area is 168 Å². The second-order valence-electron chi connectivity index (χ2n) is 7.18. The molecule has 0 fully saturated rings. The molecule has 6 heteroatoms. The fraction of sp³-hybridized carbons (Fsp3) is 0.421. The number of anilines is 2. The van der Waals surface area contributed by atoms with Crippen LogP contribution in [0.3, 0.4) is 0 Å². The molecule has 2 aromatic rings. The second kappa shape index (κ2) is 10.2. The average molecular weight is 405 g/mol. The highest BCUT2D eigenvalue weighted by molar-refractivity contribution is 6.30. The summed E-state index contributed by atoms with van der Waals surface area (Å²) in [4.78, 5) is 4.63. The summed E-state index contributed by atoms with van der Waals surface area (Å²) in [5, 5.41) is 7.60. The number of nitrogens with zero attached hydrogens (tertiary/aromatic N) is 1. The molecule has 0 bridgehead atoms. The van der Waals surface area contributed by atoms with Gasteiger partial charge in [-0.2, -0.15) is 0 Å². The van der Waals surface area contributed by atoms with Crippen molar-refractivity contribution in [3.8, 4) is 0 Å². The molecule has 0 aliphatic rings. The monoisotopic (exact) mass is 403 g/mol. The standard InChI is InChI=1S/C19H26ClN3.2ClH/c1-13(2)17-9-14(12-22-19(3,4)5)11-21-18(17)23-16-8-6-7-15(20)10-16;;/h6-11,13,22H,12H2,1-5H3,(H,21,23);2*1H. The van der Waals surface area contributed by atoms with Gasteiger partial charge in [0.25, 0.3) is 0 Å². The normalized spacial score (nSPS) is 10.8. The summed E-state index contributed by atoms with van der Waals surface area (Å²) in [5.41, 5.74) is 3.45. The van der Waals surface area contributed by atoms with Gasteiger partial charge in [-0.3, -0.25) is 0 Å². The van der Waals surface area contributed by atoms with E-state index in [-0.39, 0.29) is 30.4 Å². The third-order valence-corrected chi connectivity index (χ3v) is 3.74. The van der Waals surface area contributed by atoms with Crippen LogP contribution in [0.15, 0.2) is 36.5 Å². The Bertz CT molecular complexity index is 667. The van der Waals surface area contributed by atoms with Crippen molar-refractivity contribution in [1.82, 2.24) is 10.3 Å². The van der Waals surface area contributed by atoms with E-state index >= 15 is 0 Å². The van der Waals surface area contributed by atoms with Crippen molar-refractivity contribution >= 4 is 47.9 Å². The van der Waals surface area contributed by atoms with Gasteiger partial charge < -0.3 is 10.6 Å². The third kappa shape index (κ3) is 7.83. The molecule has 0 saturated carbocycles. The lowest BCUT2D eigenvalue weighted by Gasteiger charge is -2.21. The second-order valence-corrected chi connectivity index (χ2v) is 7.61. The van der Waals surface area contributed by atoms with Gasteiger partial charge in [0.1, 0.15) is 5.82 Å². The molecule has 0 aliphatic carbocycles. The van der Waals surface area contributed by atoms with Crippen LogP contribution in [0, 0.1) is 0 Å². The van der Waals surface area contributed by atoms with Crippen LogP contribution in [0.4, 0.5) is 11.5 Å². The lowest BCUT2D eigenvalue weighted by atomic mass is 10.0. The van der Waals surface area contributed by atoms with Crippen LogP contribution in [0.25, 0.3) is 0 Å². The van der Waals surface area contributed by atoms with E-state index in [1.54, 1.807) is 0 Å². The summed E-state index contributed by atoms with van der Waals surface area (Å²) in [6.45, 7) is 11.7. The highest BCUT2D eigenvalue weighted by atomic mass is 35.5. The number of rotatable bonds is 5. The van der Waals surface area contributed by atoms with Crippen LogP contribution in [-0.2, 0) is 6.54 Å². The van der Waals surface area contributed by atoms with E-state index in [9.17, 15) is 0 Å². The van der Waals surface area contributed by atoms with Crippen molar-refractivity contribution in [2.45, 2.75) is 52.6 Å². The minimum absolute atomic E-state index is 0. The molecule has 25 heavy (non-hydrogen) atoms. The smallest absolute Gasteiger partial charge is 0.133 e. The van der Waals surface area contributed by atoms with E-state index in [4.69, 9.17) is 11.6 Å². The molecule has 2 N–H and O–H groups in total. The summed E-state index contributed by atoms with van der Waals surface area (Å²) in [7, 11) is 0. The number of pyridine rings is 1. The zero-order valence-electron chi connectivity index (χ0n) is 15.4.